The Bertz CT molecular complexity index is 163. The molecule has 98 valence electrons. The predicted octanol–water partition coefficient (Wildman–Crippen LogP) is 0.702. The third kappa shape index (κ3) is 9.09. The van der Waals surface area contributed by atoms with Gasteiger partial charge >= 0.3 is 0 Å². The van der Waals surface area contributed by atoms with Crippen molar-refractivity contribution in [3.8, 4) is 0 Å². The Morgan fingerprint density at radius 3 is 2.31 bits per heavy atom. The van der Waals surface area contributed by atoms with Crippen molar-refractivity contribution >= 4 is 0 Å². The Hall–Kier alpha value is -0.160. The molecule has 0 amide bonds. The Morgan fingerprint density at radius 1 is 1.25 bits per heavy atom. The molecule has 0 aromatic heterocycles. The van der Waals surface area contributed by atoms with Gasteiger partial charge in [-0.1, -0.05) is 13.8 Å². The van der Waals surface area contributed by atoms with Gasteiger partial charge in [0.2, 0.25) is 0 Å². The molecule has 4 nitrogen and oxygen atoms in total. The molecular formula is C12H28N2O2. The first-order valence-corrected chi connectivity index (χ1v) is 6.12. The Balaban J connectivity index is 3.69. The maximum Gasteiger partial charge on any atom is 0.0597 e. The molecule has 0 radical (unpaired) electrons. The van der Waals surface area contributed by atoms with Crippen molar-refractivity contribution in [1.29, 1.82) is 0 Å². The summed E-state index contributed by atoms with van der Waals surface area (Å²) in [5.74, 6) is 0. The van der Waals surface area contributed by atoms with Crippen molar-refractivity contribution in [3.63, 3.8) is 0 Å². The number of aliphatic hydroxyl groups is 1. The fraction of sp³-hybridized carbons (Fsp3) is 1.00. The molecule has 2 N–H and O–H groups in total. The van der Waals surface area contributed by atoms with Crippen LogP contribution in [0.15, 0.2) is 0 Å². The van der Waals surface area contributed by atoms with Crippen molar-refractivity contribution in [2.45, 2.75) is 45.9 Å². The fourth-order valence-corrected chi connectivity index (χ4v) is 1.55. The number of nitrogens with zero attached hydrogens (tertiary/aromatic N) is 1. The summed E-state index contributed by atoms with van der Waals surface area (Å²) in [6.45, 7) is 10.9. The third-order valence-corrected chi connectivity index (χ3v) is 2.25. The van der Waals surface area contributed by atoms with Gasteiger partial charge in [-0.15, -0.1) is 0 Å². The van der Waals surface area contributed by atoms with Gasteiger partial charge in [0.05, 0.1) is 19.3 Å². The van der Waals surface area contributed by atoms with Crippen LogP contribution in [0.4, 0.5) is 0 Å². The van der Waals surface area contributed by atoms with E-state index < -0.39 is 0 Å². The SMILES string of the molecule is CC(C)NC(CO)CN(C)CCOC(C)C. The first-order chi connectivity index (χ1) is 7.45. The van der Waals surface area contributed by atoms with Gasteiger partial charge in [0.25, 0.3) is 0 Å². The van der Waals surface area contributed by atoms with Crippen molar-refractivity contribution in [2.75, 3.05) is 33.4 Å². The van der Waals surface area contributed by atoms with E-state index in [-0.39, 0.29) is 18.8 Å². The van der Waals surface area contributed by atoms with Gasteiger partial charge < -0.3 is 20.1 Å². The minimum absolute atomic E-state index is 0.143. The fourth-order valence-electron chi connectivity index (χ4n) is 1.55. The van der Waals surface area contributed by atoms with Gasteiger partial charge in [-0.2, -0.15) is 0 Å². The lowest BCUT2D eigenvalue weighted by molar-refractivity contribution is 0.0603. The molecule has 0 aliphatic carbocycles. The molecule has 0 rings (SSSR count). The van der Waals surface area contributed by atoms with Crippen LogP contribution in [0, 0.1) is 0 Å². The molecule has 0 heterocycles. The van der Waals surface area contributed by atoms with Crippen molar-refractivity contribution in [1.82, 2.24) is 10.2 Å². The van der Waals surface area contributed by atoms with E-state index in [0.717, 1.165) is 19.7 Å². The minimum atomic E-state index is 0.143. The zero-order chi connectivity index (χ0) is 12.6. The average molecular weight is 232 g/mol. The number of nitrogens with one attached hydrogen (secondary N) is 1. The van der Waals surface area contributed by atoms with E-state index in [2.05, 4.69) is 24.1 Å². The Kier molecular flexibility index (Phi) is 8.84. The number of likely N-dealkylation sites (N-methyl/N-ethyl adjacent to an activating group) is 1. The summed E-state index contributed by atoms with van der Waals surface area (Å²) in [4.78, 5) is 2.18. The maximum atomic E-state index is 9.22. The van der Waals surface area contributed by atoms with Crippen molar-refractivity contribution < 1.29 is 9.84 Å². The van der Waals surface area contributed by atoms with Crippen LogP contribution in [0.5, 0.6) is 0 Å². The van der Waals surface area contributed by atoms with Gasteiger partial charge in [-0.25, -0.2) is 0 Å². The summed E-state index contributed by atoms with van der Waals surface area (Å²) in [6, 6.07) is 0.543. The average Bonchev–Trinajstić information content (AvgIpc) is 2.15. The summed E-state index contributed by atoms with van der Waals surface area (Å²) in [5.41, 5.74) is 0. The Labute approximate surface area is 100.0 Å². The first kappa shape index (κ1) is 15.8. The summed E-state index contributed by atoms with van der Waals surface area (Å²) in [7, 11) is 2.05. The van der Waals surface area contributed by atoms with Crippen LogP contribution in [-0.2, 0) is 4.74 Å². The van der Waals surface area contributed by atoms with Gasteiger partial charge in [0, 0.05) is 25.2 Å². The lowest BCUT2D eigenvalue weighted by Crippen LogP contribution is -2.45. The number of hydrogen-bond donors (Lipinski definition) is 2. The van der Waals surface area contributed by atoms with Gasteiger partial charge in [-0.3, -0.25) is 0 Å². The zero-order valence-corrected chi connectivity index (χ0v) is 11.4. The number of aliphatic hydroxyl groups excluding tert-OH is 1. The molecular weight excluding hydrogens is 204 g/mol. The smallest absolute Gasteiger partial charge is 0.0597 e. The second-order valence-corrected chi connectivity index (χ2v) is 4.88. The summed E-state index contributed by atoms with van der Waals surface area (Å²) >= 11 is 0. The number of rotatable bonds is 9. The first-order valence-electron chi connectivity index (χ1n) is 6.12. The van der Waals surface area contributed by atoms with Gasteiger partial charge in [0.1, 0.15) is 0 Å². The molecule has 4 heteroatoms. The highest BCUT2D eigenvalue weighted by molar-refractivity contribution is 4.71. The summed E-state index contributed by atoms with van der Waals surface area (Å²) in [6.07, 6.45) is 0.288. The highest BCUT2D eigenvalue weighted by atomic mass is 16.5. The van der Waals surface area contributed by atoms with Crippen molar-refractivity contribution in [3.05, 3.63) is 0 Å². The lowest BCUT2D eigenvalue weighted by atomic mass is 10.2. The second kappa shape index (κ2) is 8.93. The molecule has 0 bridgehead atoms. The predicted molar refractivity (Wildman–Crippen MR) is 67.7 cm³/mol. The van der Waals surface area contributed by atoms with Crippen LogP contribution >= 0.6 is 0 Å². The van der Waals surface area contributed by atoms with E-state index in [0.29, 0.717) is 6.04 Å². The number of hydrogen-bond acceptors (Lipinski definition) is 4. The monoisotopic (exact) mass is 232 g/mol. The molecule has 0 fully saturated rings. The summed E-state index contributed by atoms with van der Waals surface area (Å²) < 4.78 is 5.48. The molecule has 0 aliphatic heterocycles. The highest BCUT2D eigenvalue weighted by Gasteiger charge is 2.11. The molecule has 0 spiro atoms. The van der Waals surface area contributed by atoms with Crippen LogP contribution in [0.2, 0.25) is 0 Å². The lowest BCUT2D eigenvalue weighted by Gasteiger charge is -2.25. The molecule has 0 aromatic carbocycles. The normalized spacial score (nSPS) is 14.1. The largest absolute Gasteiger partial charge is 0.395 e. The maximum absolute atomic E-state index is 9.22. The molecule has 0 saturated heterocycles. The van der Waals surface area contributed by atoms with E-state index in [4.69, 9.17) is 4.74 Å². The quantitative estimate of drug-likeness (QED) is 0.614. The Morgan fingerprint density at radius 2 is 1.88 bits per heavy atom. The van der Waals surface area contributed by atoms with E-state index in [1.54, 1.807) is 0 Å². The highest BCUT2D eigenvalue weighted by Crippen LogP contribution is 1.93. The molecule has 1 unspecified atom stereocenters. The molecule has 0 aromatic rings. The second-order valence-electron chi connectivity index (χ2n) is 4.88. The third-order valence-electron chi connectivity index (χ3n) is 2.25. The van der Waals surface area contributed by atoms with Gasteiger partial charge in [-0.05, 0) is 20.9 Å². The van der Waals surface area contributed by atoms with Crippen molar-refractivity contribution in [2.24, 2.45) is 0 Å². The summed E-state index contributed by atoms with van der Waals surface area (Å²) in [5, 5.41) is 12.5. The topological polar surface area (TPSA) is 44.7 Å². The van der Waals surface area contributed by atoms with Crippen LogP contribution < -0.4 is 5.32 Å². The standard InChI is InChI=1S/C12H28N2O2/c1-10(2)13-12(9-15)8-14(5)6-7-16-11(3)4/h10-13,15H,6-9H2,1-5H3. The molecule has 1 atom stereocenters. The van der Waals surface area contributed by atoms with Crippen LogP contribution in [0.1, 0.15) is 27.7 Å². The van der Waals surface area contributed by atoms with E-state index in [1.165, 1.54) is 0 Å². The molecule has 0 saturated carbocycles. The van der Waals surface area contributed by atoms with Crippen LogP contribution in [-0.4, -0.2) is 61.5 Å². The molecule has 16 heavy (non-hydrogen) atoms. The zero-order valence-electron chi connectivity index (χ0n) is 11.4. The van der Waals surface area contributed by atoms with E-state index >= 15 is 0 Å². The molecule has 0 aliphatic rings. The van der Waals surface area contributed by atoms with E-state index in [9.17, 15) is 5.11 Å². The number of ether oxygens (including phenoxy) is 1. The van der Waals surface area contributed by atoms with Crippen LogP contribution in [0.25, 0.3) is 0 Å². The van der Waals surface area contributed by atoms with E-state index in [1.807, 2.05) is 20.9 Å². The van der Waals surface area contributed by atoms with Crippen LogP contribution in [0.3, 0.4) is 0 Å². The van der Waals surface area contributed by atoms with Gasteiger partial charge in [0.15, 0.2) is 0 Å². The minimum Gasteiger partial charge on any atom is -0.395 e.